The Bertz CT molecular complexity index is 351. The topological polar surface area (TPSA) is 38.0 Å². The second kappa shape index (κ2) is 4.09. The van der Waals surface area contributed by atoms with E-state index in [1.807, 2.05) is 0 Å². The van der Waals surface area contributed by atoms with Crippen LogP contribution < -0.4 is 11.1 Å². The summed E-state index contributed by atoms with van der Waals surface area (Å²) in [5.74, 6) is 0.523. The highest BCUT2D eigenvalue weighted by Gasteiger charge is 2.21. The van der Waals surface area contributed by atoms with Gasteiger partial charge in [-0.25, -0.2) is 4.39 Å². The van der Waals surface area contributed by atoms with E-state index in [4.69, 9.17) is 5.73 Å². The Hall–Kier alpha value is -1.25. The van der Waals surface area contributed by atoms with Crippen molar-refractivity contribution in [2.24, 2.45) is 5.92 Å². The normalized spacial score (nSPS) is 25.5. The maximum Gasteiger partial charge on any atom is 0.125 e. The summed E-state index contributed by atoms with van der Waals surface area (Å²) in [6.07, 6.45) is 3.54. The molecule has 0 heterocycles. The standard InChI is InChI=1S/C12H17FN2/c1-8-2-4-10(6-8)15-12-7-9(13)3-5-11(12)14/h3,5,7-8,10,15H,2,4,6,14H2,1H3. The van der Waals surface area contributed by atoms with E-state index >= 15 is 0 Å². The predicted molar refractivity (Wildman–Crippen MR) is 61.2 cm³/mol. The summed E-state index contributed by atoms with van der Waals surface area (Å²) in [5, 5.41) is 3.32. The molecule has 2 rings (SSSR count). The molecule has 0 amide bonds. The number of hydrogen-bond acceptors (Lipinski definition) is 2. The van der Waals surface area contributed by atoms with Crippen LogP contribution in [0.2, 0.25) is 0 Å². The number of nitrogens with one attached hydrogen (secondary N) is 1. The van der Waals surface area contributed by atoms with Crippen LogP contribution >= 0.6 is 0 Å². The number of benzene rings is 1. The molecule has 2 nitrogen and oxygen atoms in total. The van der Waals surface area contributed by atoms with Crippen molar-refractivity contribution in [1.82, 2.24) is 0 Å². The monoisotopic (exact) mass is 208 g/mol. The molecule has 1 fully saturated rings. The Labute approximate surface area is 89.7 Å². The van der Waals surface area contributed by atoms with E-state index in [0.29, 0.717) is 11.7 Å². The van der Waals surface area contributed by atoms with Crippen molar-refractivity contribution < 1.29 is 4.39 Å². The Balaban J connectivity index is 2.07. The largest absolute Gasteiger partial charge is 0.397 e. The van der Waals surface area contributed by atoms with Crippen LogP contribution in [-0.2, 0) is 0 Å². The minimum atomic E-state index is -0.238. The van der Waals surface area contributed by atoms with E-state index in [1.54, 1.807) is 6.07 Å². The summed E-state index contributed by atoms with van der Waals surface area (Å²) in [6.45, 7) is 2.25. The van der Waals surface area contributed by atoms with Crippen LogP contribution in [0.3, 0.4) is 0 Å². The lowest BCUT2D eigenvalue weighted by Gasteiger charge is -2.15. The first-order chi connectivity index (χ1) is 7.15. The summed E-state index contributed by atoms with van der Waals surface area (Å²) in [5.41, 5.74) is 7.12. The molecule has 0 bridgehead atoms. The van der Waals surface area contributed by atoms with Gasteiger partial charge in [-0.05, 0) is 43.4 Å². The molecule has 3 N–H and O–H groups in total. The molecular weight excluding hydrogens is 191 g/mol. The van der Waals surface area contributed by atoms with Gasteiger partial charge in [-0.15, -0.1) is 0 Å². The van der Waals surface area contributed by atoms with Gasteiger partial charge in [0.2, 0.25) is 0 Å². The highest BCUT2D eigenvalue weighted by atomic mass is 19.1. The minimum Gasteiger partial charge on any atom is -0.397 e. The molecule has 0 spiro atoms. The maximum atomic E-state index is 13.0. The smallest absolute Gasteiger partial charge is 0.125 e. The number of nitrogens with two attached hydrogens (primary N) is 1. The van der Waals surface area contributed by atoms with E-state index < -0.39 is 0 Å². The lowest BCUT2D eigenvalue weighted by atomic mass is 10.1. The lowest BCUT2D eigenvalue weighted by Crippen LogP contribution is -2.16. The minimum absolute atomic E-state index is 0.238. The zero-order chi connectivity index (χ0) is 10.8. The van der Waals surface area contributed by atoms with Crippen molar-refractivity contribution in [3.63, 3.8) is 0 Å². The van der Waals surface area contributed by atoms with E-state index in [2.05, 4.69) is 12.2 Å². The van der Waals surface area contributed by atoms with Crippen molar-refractivity contribution in [3.05, 3.63) is 24.0 Å². The average molecular weight is 208 g/mol. The fourth-order valence-electron chi connectivity index (χ4n) is 2.21. The first-order valence-electron chi connectivity index (χ1n) is 5.46. The Kier molecular flexibility index (Phi) is 2.80. The predicted octanol–water partition coefficient (Wildman–Crippen LogP) is 3.01. The van der Waals surface area contributed by atoms with Crippen LogP contribution in [0, 0.1) is 11.7 Å². The fourth-order valence-corrected chi connectivity index (χ4v) is 2.21. The fraction of sp³-hybridized carbons (Fsp3) is 0.500. The van der Waals surface area contributed by atoms with Gasteiger partial charge in [0.05, 0.1) is 11.4 Å². The van der Waals surface area contributed by atoms with Crippen molar-refractivity contribution in [2.75, 3.05) is 11.1 Å². The number of anilines is 2. The van der Waals surface area contributed by atoms with Crippen LogP contribution in [0.4, 0.5) is 15.8 Å². The van der Waals surface area contributed by atoms with Crippen LogP contribution in [0.1, 0.15) is 26.2 Å². The first-order valence-corrected chi connectivity index (χ1v) is 5.46. The molecule has 0 radical (unpaired) electrons. The lowest BCUT2D eigenvalue weighted by molar-refractivity contribution is 0.602. The van der Waals surface area contributed by atoms with Crippen molar-refractivity contribution in [3.8, 4) is 0 Å². The quantitative estimate of drug-likeness (QED) is 0.733. The maximum absolute atomic E-state index is 13.0. The van der Waals surface area contributed by atoms with E-state index in [1.165, 1.54) is 18.6 Å². The summed E-state index contributed by atoms with van der Waals surface area (Å²) in [7, 11) is 0. The third-order valence-corrected chi connectivity index (χ3v) is 3.07. The van der Waals surface area contributed by atoms with Gasteiger partial charge in [0.25, 0.3) is 0 Å². The van der Waals surface area contributed by atoms with Gasteiger partial charge in [-0.1, -0.05) is 6.92 Å². The van der Waals surface area contributed by atoms with Crippen LogP contribution in [-0.4, -0.2) is 6.04 Å². The highest BCUT2D eigenvalue weighted by Crippen LogP contribution is 2.29. The first kappa shape index (κ1) is 10.3. The molecule has 0 aliphatic heterocycles. The molecule has 1 saturated carbocycles. The SMILES string of the molecule is CC1CCC(Nc2cc(F)ccc2N)C1. The van der Waals surface area contributed by atoms with Crippen LogP contribution in [0.25, 0.3) is 0 Å². The molecule has 1 aliphatic rings. The summed E-state index contributed by atoms with van der Waals surface area (Å²) < 4.78 is 13.0. The number of hydrogen-bond donors (Lipinski definition) is 2. The molecule has 1 aromatic carbocycles. The summed E-state index contributed by atoms with van der Waals surface area (Å²) >= 11 is 0. The van der Waals surface area contributed by atoms with Gasteiger partial charge >= 0.3 is 0 Å². The van der Waals surface area contributed by atoms with Gasteiger partial charge in [0.15, 0.2) is 0 Å². The van der Waals surface area contributed by atoms with E-state index in [0.717, 1.165) is 24.4 Å². The third kappa shape index (κ3) is 2.41. The molecule has 3 heteroatoms. The number of nitrogen functional groups attached to an aromatic ring is 1. The van der Waals surface area contributed by atoms with Gasteiger partial charge in [0.1, 0.15) is 5.82 Å². The third-order valence-electron chi connectivity index (χ3n) is 3.07. The zero-order valence-corrected chi connectivity index (χ0v) is 8.96. The summed E-state index contributed by atoms with van der Waals surface area (Å²) in [6, 6.07) is 4.91. The van der Waals surface area contributed by atoms with Gasteiger partial charge < -0.3 is 11.1 Å². The van der Waals surface area contributed by atoms with Crippen molar-refractivity contribution in [2.45, 2.75) is 32.2 Å². The molecule has 2 unspecified atom stereocenters. The van der Waals surface area contributed by atoms with Gasteiger partial charge in [-0.3, -0.25) is 0 Å². The second-order valence-corrected chi connectivity index (χ2v) is 4.49. The van der Waals surface area contributed by atoms with E-state index in [9.17, 15) is 4.39 Å². The Morgan fingerprint density at radius 2 is 2.20 bits per heavy atom. The Morgan fingerprint density at radius 3 is 2.87 bits per heavy atom. The van der Waals surface area contributed by atoms with E-state index in [-0.39, 0.29) is 5.82 Å². The number of rotatable bonds is 2. The van der Waals surface area contributed by atoms with Crippen molar-refractivity contribution >= 4 is 11.4 Å². The molecule has 82 valence electrons. The molecule has 0 saturated heterocycles. The molecular formula is C12H17FN2. The highest BCUT2D eigenvalue weighted by molar-refractivity contribution is 5.66. The van der Waals surface area contributed by atoms with Crippen LogP contribution in [0.15, 0.2) is 18.2 Å². The zero-order valence-electron chi connectivity index (χ0n) is 8.96. The summed E-state index contributed by atoms with van der Waals surface area (Å²) in [4.78, 5) is 0. The molecule has 0 aromatic heterocycles. The molecule has 1 aromatic rings. The Morgan fingerprint density at radius 1 is 1.40 bits per heavy atom. The second-order valence-electron chi connectivity index (χ2n) is 4.49. The molecule has 2 atom stereocenters. The van der Waals surface area contributed by atoms with Crippen molar-refractivity contribution in [1.29, 1.82) is 0 Å². The number of halogens is 1. The average Bonchev–Trinajstić information content (AvgIpc) is 2.58. The van der Waals surface area contributed by atoms with Gasteiger partial charge in [0, 0.05) is 6.04 Å². The molecule has 15 heavy (non-hydrogen) atoms. The van der Waals surface area contributed by atoms with Gasteiger partial charge in [-0.2, -0.15) is 0 Å². The molecule has 1 aliphatic carbocycles. The van der Waals surface area contributed by atoms with Crippen LogP contribution in [0.5, 0.6) is 0 Å².